The van der Waals surface area contributed by atoms with Gasteiger partial charge in [-0.1, -0.05) is 37.6 Å². The normalized spacial score (nSPS) is 10.7. The first kappa shape index (κ1) is 12.6. The zero-order valence-electron chi connectivity index (χ0n) is 10.2. The van der Waals surface area contributed by atoms with Crippen LogP contribution >= 0.6 is 11.6 Å². The summed E-state index contributed by atoms with van der Waals surface area (Å²) in [5.74, 6) is 1.61. The number of halogens is 1. The number of hydrogen-bond donors (Lipinski definition) is 1. The van der Waals surface area contributed by atoms with Crippen LogP contribution in [-0.4, -0.2) is 9.97 Å². The molecular formula is C13H14ClN3O. The number of nitrogens with two attached hydrogens (primary N) is 1. The lowest BCUT2D eigenvalue weighted by molar-refractivity contribution is 0.452. The molecule has 5 heteroatoms. The first-order chi connectivity index (χ1) is 8.59. The molecule has 0 spiro atoms. The van der Waals surface area contributed by atoms with Crippen molar-refractivity contribution in [3.8, 4) is 11.6 Å². The van der Waals surface area contributed by atoms with Crippen LogP contribution in [0.15, 0.2) is 30.6 Å². The highest BCUT2D eigenvalue weighted by atomic mass is 35.5. The number of benzene rings is 1. The highest BCUT2D eigenvalue weighted by Crippen LogP contribution is 2.34. The SMILES string of the molecule is CC(C)c1c(N)ncnc1Oc1ccccc1Cl. The molecule has 0 atom stereocenters. The third-order valence-electron chi connectivity index (χ3n) is 2.50. The topological polar surface area (TPSA) is 61.0 Å². The number of rotatable bonds is 3. The van der Waals surface area contributed by atoms with Crippen LogP contribution in [0.4, 0.5) is 5.82 Å². The summed E-state index contributed by atoms with van der Waals surface area (Å²) in [4.78, 5) is 8.10. The average Bonchev–Trinajstić information content (AvgIpc) is 2.31. The van der Waals surface area contributed by atoms with Crippen LogP contribution in [0.25, 0.3) is 0 Å². The molecule has 0 aliphatic heterocycles. The maximum Gasteiger partial charge on any atom is 0.227 e. The fourth-order valence-corrected chi connectivity index (χ4v) is 1.82. The Balaban J connectivity index is 2.41. The van der Waals surface area contributed by atoms with Crippen molar-refractivity contribution in [3.63, 3.8) is 0 Å². The minimum Gasteiger partial charge on any atom is -0.437 e. The third-order valence-corrected chi connectivity index (χ3v) is 2.81. The van der Waals surface area contributed by atoms with E-state index in [1.807, 2.05) is 26.0 Å². The molecule has 0 unspecified atom stereocenters. The molecule has 0 saturated carbocycles. The second-order valence-electron chi connectivity index (χ2n) is 4.16. The van der Waals surface area contributed by atoms with Crippen LogP contribution in [0.2, 0.25) is 5.02 Å². The number of nitrogen functional groups attached to an aromatic ring is 1. The quantitative estimate of drug-likeness (QED) is 0.919. The predicted molar refractivity (Wildman–Crippen MR) is 72.1 cm³/mol. The summed E-state index contributed by atoms with van der Waals surface area (Å²) in [6.07, 6.45) is 1.38. The molecule has 18 heavy (non-hydrogen) atoms. The highest BCUT2D eigenvalue weighted by molar-refractivity contribution is 6.32. The first-order valence-corrected chi connectivity index (χ1v) is 6.00. The molecule has 1 aromatic carbocycles. The molecule has 2 rings (SSSR count). The van der Waals surface area contributed by atoms with E-state index in [4.69, 9.17) is 22.1 Å². The van der Waals surface area contributed by atoms with Gasteiger partial charge in [0, 0.05) is 0 Å². The Hall–Kier alpha value is -1.81. The van der Waals surface area contributed by atoms with Gasteiger partial charge in [-0.05, 0) is 18.1 Å². The predicted octanol–water partition coefficient (Wildman–Crippen LogP) is 3.63. The first-order valence-electron chi connectivity index (χ1n) is 5.62. The molecule has 2 N–H and O–H groups in total. The number of ether oxygens (including phenoxy) is 1. The Morgan fingerprint density at radius 2 is 1.94 bits per heavy atom. The molecule has 2 aromatic rings. The smallest absolute Gasteiger partial charge is 0.227 e. The fourth-order valence-electron chi connectivity index (χ4n) is 1.65. The van der Waals surface area contributed by atoms with Crippen LogP contribution in [0.1, 0.15) is 25.3 Å². The van der Waals surface area contributed by atoms with Gasteiger partial charge < -0.3 is 10.5 Å². The number of nitrogens with zero attached hydrogens (tertiary/aromatic N) is 2. The van der Waals surface area contributed by atoms with Crippen molar-refractivity contribution in [2.45, 2.75) is 19.8 Å². The second-order valence-corrected chi connectivity index (χ2v) is 4.57. The van der Waals surface area contributed by atoms with Crippen molar-refractivity contribution >= 4 is 17.4 Å². The summed E-state index contributed by atoms with van der Waals surface area (Å²) < 4.78 is 5.72. The van der Waals surface area contributed by atoms with Crippen molar-refractivity contribution in [3.05, 3.63) is 41.2 Å². The van der Waals surface area contributed by atoms with Gasteiger partial charge in [-0.15, -0.1) is 0 Å². The molecule has 0 radical (unpaired) electrons. The summed E-state index contributed by atoms with van der Waals surface area (Å²) in [7, 11) is 0. The molecule has 0 aliphatic rings. The van der Waals surface area contributed by atoms with Gasteiger partial charge in [-0.3, -0.25) is 0 Å². The number of anilines is 1. The Labute approximate surface area is 111 Å². The number of aromatic nitrogens is 2. The summed E-state index contributed by atoms with van der Waals surface area (Å²) in [6, 6.07) is 7.23. The maximum absolute atomic E-state index is 6.05. The molecule has 0 saturated heterocycles. The zero-order chi connectivity index (χ0) is 13.1. The van der Waals surface area contributed by atoms with E-state index in [2.05, 4.69) is 9.97 Å². The summed E-state index contributed by atoms with van der Waals surface area (Å²) in [5.41, 5.74) is 6.64. The van der Waals surface area contributed by atoms with E-state index in [1.165, 1.54) is 6.33 Å². The van der Waals surface area contributed by atoms with Crippen molar-refractivity contribution in [1.82, 2.24) is 9.97 Å². The Kier molecular flexibility index (Phi) is 3.67. The summed E-state index contributed by atoms with van der Waals surface area (Å²) in [5, 5.41) is 0.532. The van der Waals surface area contributed by atoms with E-state index >= 15 is 0 Å². The number of hydrogen-bond acceptors (Lipinski definition) is 4. The molecule has 4 nitrogen and oxygen atoms in total. The molecule has 0 aliphatic carbocycles. The average molecular weight is 264 g/mol. The van der Waals surface area contributed by atoms with Crippen LogP contribution < -0.4 is 10.5 Å². The van der Waals surface area contributed by atoms with Crippen molar-refractivity contribution < 1.29 is 4.74 Å². The minimum atomic E-state index is 0.170. The lowest BCUT2D eigenvalue weighted by Gasteiger charge is -2.14. The van der Waals surface area contributed by atoms with E-state index < -0.39 is 0 Å². The molecule has 0 fully saturated rings. The molecule has 94 valence electrons. The van der Waals surface area contributed by atoms with Gasteiger partial charge >= 0.3 is 0 Å². The van der Waals surface area contributed by atoms with Crippen LogP contribution in [-0.2, 0) is 0 Å². The molecule has 0 bridgehead atoms. The molecule has 1 aromatic heterocycles. The Morgan fingerprint density at radius 3 is 2.61 bits per heavy atom. The van der Waals surface area contributed by atoms with Gasteiger partial charge in [-0.2, -0.15) is 0 Å². The van der Waals surface area contributed by atoms with Gasteiger partial charge in [-0.25, -0.2) is 9.97 Å². The standard InChI is InChI=1S/C13H14ClN3O/c1-8(2)11-12(15)16-7-17-13(11)18-10-6-4-3-5-9(10)14/h3-8H,1-2H3,(H2,15,16,17). The zero-order valence-corrected chi connectivity index (χ0v) is 11.0. The van der Waals surface area contributed by atoms with Gasteiger partial charge in [0.1, 0.15) is 17.9 Å². The summed E-state index contributed by atoms with van der Waals surface area (Å²) in [6.45, 7) is 4.02. The minimum absolute atomic E-state index is 0.170. The van der Waals surface area contributed by atoms with E-state index in [1.54, 1.807) is 12.1 Å². The lowest BCUT2D eigenvalue weighted by atomic mass is 10.1. The molecule has 1 heterocycles. The van der Waals surface area contributed by atoms with Crippen LogP contribution in [0.3, 0.4) is 0 Å². The van der Waals surface area contributed by atoms with Crippen LogP contribution in [0, 0.1) is 0 Å². The highest BCUT2D eigenvalue weighted by Gasteiger charge is 2.15. The molecule has 0 amide bonds. The van der Waals surface area contributed by atoms with Crippen LogP contribution in [0.5, 0.6) is 11.6 Å². The fraction of sp³-hybridized carbons (Fsp3) is 0.231. The van der Waals surface area contributed by atoms with E-state index in [0.29, 0.717) is 22.5 Å². The van der Waals surface area contributed by atoms with Gasteiger partial charge in [0.25, 0.3) is 0 Å². The summed E-state index contributed by atoms with van der Waals surface area (Å²) >= 11 is 6.05. The molecular weight excluding hydrogens is 250 g/mol. The Bertz CT molecular complexity index is 558. The van der Waals surface area contributed by atoms with Crippen molar-refractivity contribution in [1.29, 1.82) is 0 Å². The third kappa shape index (κ3) is 2.54. The van der Waals surface area contributed by atoms with E-state index in [0.717, 1.165) is 5.56 Å². The van der Waals surface area contributed by atoms with Gasteiger partial charge in [0.15, 0.2) is 0 Å². The van der Waals surface area contributed by atoms with Crippen molar-refractivity contribution in [2.75, 3.05) is 5.73 Å². The monoisotopic (exact) mass is 263 g/mol. The maximum atomic E-state index is 6.05. The van der Waals surface area contributed by atoms with E-state index in [9.17, 15) is 0 Å². The lowest BCUT2D eigenvalue weighted by Crippen LogP contribution is -2.04. The van der Waals surface area contributed by atoms with Gasteiger partial charge in [0.2, 0.25) is 5.88 Å². The van der Waals surface area contributed by atoms with Crippen molar-refractivity contribution in [2.24, 2.45) is 0 Å². The van der Waals surface area contributed by atoms with E-state index in [-0.39, 0.29) is 5.92 Å². The number of para-hydroxylation sites is 1. The van der Waals surface area contributed by atoms with Gasteiger partial charge in [0.05, 0.1) is 10.6 Å². The second kappa shape index (κ2) is 5.23. The largest absolute Gasteiger partial charge is 0.437 e. The Morgan fingerprint density at radius 1 is 1.22 bits per heavy atom.